The van der Waals surface area contributed by atoms with Crippen molar-refractivity contribution >= 4 is 52.4 Å². The van der Waals surface area contributed by atoms with Crippen LogP contribution in [0.3, 0.4) is 0 Å². The molecular formula is C24H19Cl2N3O6. The Balaban J connectivity index is 1.71. The zero-order valence-electron chi connectivity index (χ0n) is 18.4. The van der Waals surface area contributed by atoms with Gasteiger partial charge in [0.25, 0.3) is 23.4 Å². The second-order valence-electron chi connectivity index (χ2n) is 8.36. The summed E-state index contributed by atoms with van der Waals surface area (Å²) >= 11 is 12.0. The normalized spacial score (nSPS) is 21.1. The number of hydrogen-bond donors (Lipinski definition) is 0. The molecule has 9 nitrogen and oxygen atoms in total. The van der Waals surface area contributed by atoms with E-state index >= 15 is 0 Å². The molecule has 2 aromatic carbocycles. The fourth-order valence-electron chi connectivity index (χ4n) is 4.38. The molecular weight excluding hydrogens is 497 g/mol. The standard InChI is InChI=1S/C24H19Cl2N3O6/c1-13-3-2-4-17-21(13)24(33)28(23(17)32)27(22(31)15-7-10-18(25)19(26)11-15)12-20(30)14-5-8-16(9-6-14)29(34)35/h2-3,5-11,13,17,21H,4,12H2,1H3/t13-,17+,21-/m1/s1. The van der Waals surface area contributed by atoms with Gasteiger partial charge in [-0.15, -0.1) is 0 Å². The maximum atomic E-state index is 13.5. The average Bonchev–Trinajstić information content (AvgIpc) is 3.09. The first-order chi connectivity index (χ1) is 16.6. The first-order valence-corrected chi connectivity index (χ1v) is 11.4. The molecule has 0 bridgehead atoms. The number of Topliss-reactive ketones (excluding diaryl/α,β-unsaturated/α-hetero) is 1. The minimum atomic E-state index is -0.792. The van der Waals surface area contributed by atoms with Gasteiger partial charge in [-0.05, 0) is 42.7 Å². The SMILES string of the molecule is C[C@@H]1C=CC[C@@H]2C(=O)N(N(CC(=O)c3ccc([N+](=O)[O-])cc3)C(=O)c3ccc(Cl)c(Cl)c3)C(=O)[C@H]12. The molecule has 3 amide bonds. The van der Waals surface area contributed by atoms with Crippen molar-refractivity contribution in [3.8, 4) is 0 Å². The minimum Gasteiger partial charge on any atom is -0.292 e. The number of halogens is 2. The Bertz CT molecular complexity index is 1280. The van der Waals surface area contributed by atoms with Gasteiger partial charge in [0.05, 0.1) is 26.8 Å². The van der Waals surface area contributed by atoms with E-state index in [-0.39, 0.29) is 32.8 Å². The maximum Gasteiger partial charge on any atom is 0.273 e. The molecule has 1 fully saturated rings. The van der Waals surface area contributed by atoms with Crippen LogP contribution in [0.25, 0.3) is 0 Å². The zero-order chi connectivity index (χ0) is 25.4. The quantitative estimate of drug-likeness (QED) is 0.185. The highest BCUT2D eigenvalue weighted by Crippen LogP contribution is 2.39. The monoisotopic (exact) mass is 515 g/mol. The van der Waals surface area contributed by atoms with Crippen LogP contribution in [0.5, 0.6) is 0 Å². The number of benzene rings is 2. The number of nitrogens with zero attached hydrogens (tertiary/aromatic N) is 3. The van der Waals surface area contributed by atoms with Gasteiger partial charge in [-0.3, -0.25) is 29.3 Å². The summed E-state index contributed by atoms with van der Waals surface area (Å²) in [6.07, 6.45) is 4.03. The molecule has 0 aromatic heterocycles. The molecule has 2 aliphatic rings. The Labute approximate surface area is 210 Å². The molecule has 0 saturated carbocycles. The second kappa shape index (κ2) is 9.59. The third kappa shape index (κ3) is 4.56. The molecule has 0 unspecified atom stereocenters. The van der Waals surface area contributed by atoms with Crippen molar-refractivity contribution < 1.29 is 24.1 Å². The predicted octanol–water partition coefficient (Wildman–Crippen LogP) is 4.34. The van der Waals surface area contributed by atoms with Gasteiger partial charge in [-0.25, -0.2) is 5.01 Å². The molecule has 1 saturated heterocycles. The van der Waals surface area contributed by atoms with E-state index in [4.69, 9.17) is 23.2 Å². The summed E-state index contributed by atoms with van der Waals surface area (Å²) in [7, 11) is 0. The van der Waals surface area contributed by atoms with Gasteiger partial charge in [0, 0.05) is 23.3 Å². The van der Waals surface area contributed by atoms with Crippen LogP contribution in [-0.2, 0) is 9.59 Å². The number of non-ortho nitro benzene ring substituents is 1. The van der Waals surface area contributed by atoms with Crippen molar-refractivity contribution in [3.05, 3.63) is 85.9 Å². The first kappa shape index (κ1) is 24.6. The maximum absolute atomic E-state index is 13.5. The van der Waals surface area contributed by atoms with Crippen LogP contribution in [0, 0.1) is 27.9 Å². The van der Waals surface area contributed by atoms with Crippen LogP contribution < -0.4 is 0 Å². The predicted molar refractivity (Wildman–Crippen MR) is 127 cm³/mol. The molecule has 11 heteroatoms. The van der Waals surface area contributed by atoms with E-state index in [2.05, 4.69) is 0 Å². The number of amides is 3. The van der Waals surface area contributed by atoms with E-state index in [0.717, 1.165) is 22.2 Å². The summed E-state index contributed by atoms with van der Waals surface area (Å²) < 4.78 is 0. The lowest BCUT2D eigenvalue weighted by atomic mass is 9.78. The fraction of sp³-hybridized carbons (Fsp3) is 0.250. The lowest BCUT2D eigenvalue weighted by Gasteiger charge is -2.30. The van der Waals surface area contributed by atoms with Crippen LogP contribution in [0.15, 0.2) is 54.6 Å². The molecule has 4 rings (SSSR count). The number of rotatable bonds is 6. The Hall–Kier alpha value is -3.56. The first-order valence-electron chi connectivity index (χ1n) is 10.7. The highest BCUT2D eigenvalue weighted by molar-refractivity contribution is 6.42. The fourth-order valence-corrected chi connectivity index (χ4v) is 4.67. The van der Waals surface area contributed by atoms with Crippen LogP contribution in [0.2, 0.25) is 10.0 Å². The summed E-state index contributed by atoms with van der Waals surface area (Å²) in [6, 6.07) is 8.88. The van der Waals surface area contributed by atoms with Crippen molar-refractivity contribution in [3.63, 3.8) is 0 Å². The number of allylic oxidation sites excluding steroid dienone is 2. The van der Waals surface area contributed by atoms with E-state index in [1.807, 2.05) is 19.1 Å². The summed E-state index contributed by atoms with van der Waals surface area (Å²) in [6.45, 7) is 1.17. The molecule has 2 aromatic rings. The molecule has 1 heterocycles. The van der Waals surface area contributed by atoms with Crippen LogP contribution in [-0.4, -0.2) is 45.0 Å². The van der Waals surface area contributed by atoms with Crippen molar-refractivity contribution in [2.24, 2.45) is 17.8 Å². The largest absolute Gasteiger partial charge is 0.292 e. The van der Waals surface area contributed by atoms with Crippen molar-refractivity contribution in [1.82, 2.24) is 10.0 Å². The lowest BCUT2D eigenvalue weighted by Crippen LogP contribution is -2.52. The molecule has 0 spiro atoms. The average molecular weight is 516 g/mol. The minimum absolute atomic E-state index is 0.0255. The van der Waals surface area contributed by atoms with Crippen molar-refractivity contribution in [1.29, 1.82) is 0 Å². The number of hydrazine groups is 1. The number of fused-ring (bicyclic) bond motifs is 1. The van der Waals surface area contributed by atoms with Gasteiger partial charge < -0.3 is 0 Å². The molecule has 3 atom stereocenters. The van der Waals surface area contributed by atoms with E-state index in [9.17, 15) is 29.3 Å². The smallest absolute Gasteiger partial charge is 0.273 e. The topological polar surface area (TPSA) is 118 Å². The number of hydrogen-bond acceptors (Lipinski definition) is 6. The number of imide groups is 1. The number of nitro benzene ring substituents is 1. The second-order valence-corrected chi connectivity index (χ2v) is 9.18. The third-order valence-electron chi connectivity index (χ3n) is 6.19. The molecule has 0 radical (unpaired) electrons. The molecule has 1 aliphatic heterocycles. The highest BCUT2D eigenvalue weighted by Gasteiger charge is 2.53. The van der Waals surface area contributed by atoms with Gasteiger partial charge >= 0.3 is 0 Å². The van der Waals surface area contributed by atoms with Gasteiger partial charge in [-0.1, -0.05) is 42.3 Å². The van der Waals surface area contributed by atoms with E-state index in [0.29, 0.717) is 6.42 Å². The molecule has 0 N–H and O–H groups in total. The molecule has 1 aliphatic carbocycles. The van der Waals surface area contributed by atoms with Crippen molar-refractivity contribution in [2.45, 2.75) is 13.3 Å². The van der Waals surface area contributed by atoms with Gasteiger partial charge in [0.1, 0.15) is 6.54 Å². The van der Waals surface area contributed by atoms with Crippen LogP contribution >= 0.6 is 23.2 Å². The number of nitro groups is 1. The summed E-state index contributed by atoms with van der Waals surface area (Å²) in [5, 5.41) is 12.8. The number of carbonyl (C=O) groups excluding carboxylic acids is 4. The van der Waals surface area contributed by atoms with Crippen LogP contribution in [0.4, 0.5) is 5.69 Å². The zero-order valence-corrected chi connectivity index (χ0v) is 19.9. The van der Waals surface area contributed by atoms with Gasteiger partial charge in [0.15, 0.2) is 5.78 Å². The Morgan fingerprint density at radius 1 is 1.06 bits per heavy atom. The molecule has 35 heavy (non-hydrogen) atoms. The lowest BCUT2D eigenvalue weighted by molar-refractivity contribution is -0.384. The highest BCUT2D eigenvalue weighted by atomic mass is 35.5. The van der Waals surface area contributed by atoms with E-state index in [1.54, 1.807) is 0 Å². The van der Waals surface area contributed by atoms with Crippen LogP contribution in [0.1, 0.15) is 34.1 Å². The summed E-state index contributed by atoms with van der Waals surface area (Å²) in [5.41, 5.74) is -0.104. The summed E-state index contributed by atoms with van der Waals surface area (Å²) in [4.78, 5) is 63.5. The van der Waals surface area contributed by atoms with E-state index < -0.39 is 46.8 Å². The van der Waals surface area contributed by atoms with Gasteiger partial charge in [-0.2, -0.15) is 5.01 Å². The number of carbonyl (C=O) groups is 4. The Morgan fingerprint density at radius 3 is 2.31 bits per heavy atom. The Kier molecular flexibility index (Phi) is 6.73. The number of ketones is 1. The summed E-state index contributed by atoms with van der Waals surface area (Å²) in [5.74, 6) is -4.05. The third-order valence-corrected chi connectivity index (χ3v) is 6.92. The van der Waals surface area contributed by atoms with E-state index in [1.165, 1.54) is 30.3 Å². The molecule has 180 valence electrons. The van der Waals surface area contributed by atoms with Gasteiger partial charge in [0.2, 0.25) is 0 Å². The Morgan fingerprint density at radius 2 is 1.71 bits per heavy atom. The van der Waals surface area contributed by atoms with Crippen molar-refractivity contribution in [2.75, 3.05) is 6.54 Å².